The monoisotopic (exact) mass is 443 g/mol. The molecule has 2 heterocycles. The first kappa shape index (κ1) is 22.0. The number of methoxy groups -OCH3 is 1. The summed E-state index contributed by atoms with van der Waals surface area (Å²) in [6.45, 7) is 2.43. The Morgan fingerprint density at radius 3 is 2.58 bits per heavy atom. The molecule has 0 radical (unpaired) electrons. The summed E-state index contributed by atoms with van der Waals surface area (Å²) in [6, 6.07) is 18.2. The maximum Gasteiger partial charge on any atom is 0.267 e. The zero-order chi connectivity index (χ0) is 23.2. The van der Waals surface area contributed by atoms with Gasteiger partial charge in [-0.15, -0.1) is 0 Å². The van der Waals surface area contributed by atoms with Gasteiger partial charge in [0.2, 0.25) is 0 Å². The number of nitrogens with one attached hydrogen (secondary N) is 3. The van der Waals surface area contributed by atoms with Crippen molar-refractivity contribution >= 4 is 28.8 Å². The van der Waals surface area contributed by atoms with Crippen LogP contribution in [0.4, 0.5) is 0 Å². The molecule has 0 atom stereocenters. The quantitative estimate of drug-likeness (QED) is 0.356. The van der Waals surface area contributed by atoms with Crippen molar-refractivity contribution in [3.8, 4) is 5.75 Å². The number of aromatic nitrogens is 1. The van der Waals surface area contributed by atoms with Gasteiger partial charge in [0.1, 0.15) is 17.2 Å². The zero-order valence-electron chi connectivity index (χ0n) is 18.5. The maximum atomic E-state index is 13.0. The molecule has 2 aromatic heterocycles. The minimum Gasteiger partial charge on any atom is -0.497 e. The number of amides is 2. The Labute approximate surface area is 191 Å². The molecule has 4 aromatic rings. The standard InChI is InChI=1S/C26H25N3O4/c1-17-21(22-7-3-4-8-23(22)28-17)13-14-27-26(31)24(16-20-6-5-15-33-20)29-25(30)18-9-11-19(32-2)12-10-18/h3-12,15-16,28H,13-14H2,1-2H3,(H,27,31)(H,29,30). The third-order valence-electron chi connectivity index (χ3n) is 5.36. The molecule has 0 saturated heterocycles. The SMILES string of the molecule is COc1ccc(C(=O)NC(=Cc2ccco2)C(=O)NCCc2c(C)[nH]c3ccccc23)cc1. The van der Waals surface area contributed by atoms with Crippen LogP contribution in [0, 0.1) is 6.92 Å². The molecule has 168 valence electrons. The topological polar surface area (TPSA) is 96.4 Å². The normalized spacial score (nSPS) is 11.4. The van der Waals surface area contributed by atoms with Crippen LogP contribution < -0.4 is 15.4 Å². The Morgan fingerprint density at radius 1 is 1.06 bits per heavy atom. The minimum absolute atomic E-state index is 0.0985. The Bertz CT molecular complexity index is 1290. The predicted octanol–water partition coefficient (Wildman–Crippen LogP) is 4.21. The van der Waals surface area contributed by atoms with Gasteiger partial charge >= 0.3 is 0 Å². The minimum atomic E-state index is -0.405. The lowest BCUT2D eigenvalue weighted by molar-refractivity contribution is -0.117. The van der Waals surface area contributed by atoms with Crippen LogP contribution in [-0.4, -0.2) is 30.5 Å². The average Bonchev–Trinajstić information content (AvgIpc) is 3.46. The average molecular weight is 444 g/mol. The first-order valence-corrected chi connectivity index (χ1v) is 10.6. The highest BCUT2D eigenvalue weighted by Crippen LogP contribution is 2.22. The molecular formula is C26H25N3O4. The fourth-order valence-electron chi connectivity index (χ4n) is 3.66. The van der Waals surface area contributed by atoms with Gasteiger partial charge in [0, 0.05) is 34.8 Å². The van der Waals surface area contributed by atoms with Gasteiger partial charge in [-0.05, 0) is 61.4 Å². The highest BCUT2D eigenvalue weighted by molar-refractivity contribution is 6.05. The highest BCUT2D eigenvalue weighted by atomic mass is 16.5. The van der Waals surface area contributed by atoms with Crippen molar-refractivity contribution in [3.63, 3.8) is 0 Å². The second-order valence-corrected chi connectivity index (χ2v) is 7.54. The molecule has 4 rings (SSSR count). The molecule has 0 aliphatic carbocycles. The van der Waals surface area contributed by atoms with Gasteiger partial charge in [0.15, 0.2) is 0 Å². The molecule has 33 heavy (non-hydrogen) atoms. The third-order valence-corrected chi connectivity index (χ3v) is 5.36. The Kier molecular flexibility index (Phi) is 6.59. The number of hydrogen-bond acceptors (Lipinski definition) is 4. The van der Waals surface area contributed by atoms with E-state index in [2.05, 4.69) is 21.7 Å². The summed E-state index contributed by atoms with van der Waals surface area (Å²) in [7, 11) is 1.56. The summed E-state index contributed by atoms with van der Waals surface area (Å²) >= 11 is 0. The van der Waals surface area contributed by atoms with E-state index in [1.54, 1.807) is 43.5 Å². The lowest BCUT2D eigenvalue weighted by atomic mass is 10.1. The van der Waals surface area contributed by atoms with Crippen molar-refractivity contribution in [3.05, 3.63) is 95.2 Å². The van der Waals surface area contributed by atoms with Crippen LogP contribution in [0.5, 0.6) is 5.75 Å². The van der Waals surface area contributed by atoms with Gasteiger partial charge in [-0.3, -0.25) is 9.59 Å². The van der Waals surface area contributed by atoms with Crippen molar-refractivity contribution in [2.45, 2.75) is 13.3 Å². The molecule has 0 saturated carbocycles. The number of carbonyl (C=O) groups excluding carboxylic acids is 2. The summed E-state index contributed by atoms with van der Waals surface area (Å²) in [4.78, 5) is 29.0. The summed E-state index contributed by atoms with van der Waals surface area (Å²) in [5.74, 6) is 0.301. The predicted molar refractivity (Wildman–Crippen MR) is 127 cm³/mol. The number of carbonyl (C=O) groups is 2. The lowest BCUT2D eigenvalue weighted by Crippen LogP contribution is -2.35. The molecule has 0 spiro atoms. The molecule has 2 aromatic carbocycles. The van der Waals surface area contributed by atoms with E-state index in [1.165, 1.54) is 12.3 Å². The number of benzene rings is 2. The van der Waals surface area contributed by atoms with E-state index in [0.29, 0.717) is 30.0 Å². The molecule has 0 unspecified atom stereocenters. The molecule has 7 heteroatoms. The van der Waals surface area contributed by atoms with Crippen molar-refractivity contribution in [2.75, 3.05) is 13.7 Å². The number of aromatic amines is 1. The van der Waals surface area contributed by atoms with Crippen LogP contribution >= 0.6 is 0 Å². The lowest BCUT2D eigenvalue weighted by Gasteiger charge is -2.11. The molecule has 0 aliphatic rings. The molecule has 0 bridgehead atoms. The van der Waals surface area contributed by atoms with Crippen molar-refractivity contribution in [1.82, 2.24) is 15.6 Å². The maximum absolute atomic E-state index is 13.0. The number of hydrogen-bond donors (Lipinski definition) is 3. The van der Waals surface area contributed by atoms with Crippen LogP contribution in [-0.2, 0) is 11.2 Å². The van der Waals surface area contributed by atoms with Gasteiger partial charge in [0.05, 0.1) is 13.4 Å². The smallest absolute Gasteiger partial charge is 0.267 e. The van der Waals surface area contributed by atoms with E-state index in [1.807, 2.05) is 25.1 Å². The zero-order valence-corrected chi connectivity index (χ0v) is 18.5. The van der Waals surface area contributed by atoms with E-state index >= 15 is 0 Å². The fourth-order valence-corrected chi connectivity index (χ4v) is 3.66. The molecule has 2 amide bonds. The molecule has 0 aliphatic heterocycles. The Balaban J connectivity index is 1.46. The van der Waals surface area contributed by atoms with Gasteiger partial charge in [-0.2, -0.15) is 0 Å². The molecule has 7 nitrogen and oxygen atoms in total. The van der Waals surface area contributed by atoms with Gasteiger partial charge in [-0.1, -0.05) is 18.2 Å². The largest absolute Gasteiger partial charge is 0.497 e. The van der Waals surface area contributed by atoms with Crippen molar-refractivity contribution in [2.24, 2.45) is 0 Å². The Morgan fingerprint density at radius 2 is 1.85 bits per heavy atom. The number of H-pyrrole nitrogens is 1. The fraction of sp³-hybridized carbons (Fsp3) is 0.154. The van der Waals surface area contributed by atoms with Crippen molar-refractivity contribution < 1.29 is 18.7 Å². The summed E-state index contributed by atoms with van der Waals surface area (Å²) in [5, 5.41) is 6.74. The van der Waals surface area contributed by atoms with Crippen LogP contribution in [0.25, 0.3) is 17.0 Å². The number of furan rings is 1. The van der Waals surface area contributed by atoms with Crippen LogP contribution in [0.2, 0.25) is 0 Å². The summed E-state index contributed by atoms with van der Waals surface area (Å²) in [5.41, 5.74) is 3.81. The Hall–Kier alpha value is -4.26. The van der Waals surface area contributed by atoms with E-state index < -0.39 is 11.8 Å². The van der Waals surface area contributed by atoms with Crippen LogP contribution in [0.15, 0.2) is 77.0 Å². The van der Waals surface area contributed by atoms with Gasteiger partial charge in [-0.25, -0.2) is 0 Å². The first-order chi connectivity index (χ1) is 16.0. The number of rotatable bonds is 8. The second kappa shape index (κ2) is 9.91. The van der Waals surface area contributed by atoms with E-state index in [-0.39, 0.29) is 5.70 Å². The first-order valence-electron chi connectivity index (χ1n) is 10.6. The third kappa shape index (κ3) is 5.15. The van der Waals surface area contributed by atoms with Gasteiger partial charge in [0.25, 0.3) is 11.8 Å². The number of aryl methyl sites for hydroxylation is 1. The van der Waals surface area contributed by atoms with Crippen LogP contribution in [0.3, 0.4) is 0 Å². The van der Waals surface area contributed by atoms with E-state index in [4.69, 9.17) is 9.15 Å². The number of ether oxygens (including phenoxy) is 1. The second-order valence-electron chi connectivity index (χ2n) is 7.54. The summed E-state index contributed by atoms with van der Waals surface area (Å²) in [6.07, 6.45) is 3.67. The molecule has 0 fully saturated rings. The number of para-hydroxylation sites is 1. The van der Waals surface area contributed by atoms with E-state index in [0.717, 1.165) is 22.2 Å². The molecular weight excluding hydrogens is 418 g/mol. The van der Waals surface area contributed by atoms with E-state index in [9.17, 15) is 9.59 Å². The number of fused-ring (bicyclic) bond motifs is 1. The summed E-state index contributed by atoms with van der Waals surface area (Å²) < 4.78 is 10.5. The van der Waals surface area contributed by atoms with Gasteiger partial charge < -0.3 is 24.8 Å². The van der Waals surface area contributed by atoms with Crippen molar-refractivity contribution in [1.29, 1.82) is 0 Å². The van der Waals surface area contributed by atoms with Crippen LogP contribution in [0.1, 0.15) is 27.4 Å². The molecule has 3 N–H and O–H groups in total. The highest BCUT2D eigenvalue weighted by Gasteiger charge is 2.16.